The molecule has 3 aliphatic rings. The Balaban J connectivity index is 0.000000416. The summed E-state index contributed by atoms with van der Waals surface area (Å²) in [6.07, 6.45) is 3.80. The van der Waals surface area contributed by atoms with Gasteiger partial charge in [-0.15, -0.1) is 0 Å². The van der Waals surface area contributed by atoms with Crippen LogP contribution >= 0.6 is 0 Å². The molecule has 6 rings (SSSR count). The van der Waals surface area contributed by atoms with Gasteiger partial charge in [-0.2, -0.15) is 0 Å². The zero-order valence-electron chi connectivity index (χ0n) is 19.4. The van der Waals surface area contributed by atoms with Crippen LogP contribution in [-0.2, 0) is 22.4 Å². The molecule has 0 aromatic heterocycles. The van der Waals surface area contributed by atoms with Gasteiger partial charge in [-0.05, 0) is 52.8 Å². The van der Waals surface area contributed by atoms with Gasteiger partial charge in [0.1, 0.15) is 0 Å². The molecule has 2 aliphatic heterocycles. The van der Waals surface area contributed by atoms with Gasteiger partial charge in [0.15, 0.2) is 0 Å². The van der Waals surface area contributed by atoms with Crippen molar-refractivity contribution >= 4 is 28.3 Å². The average molecular weight is 442 g/mol. The molecule has 1 aliphatic carbocycles. The summed E-state index contributed by atoms with van der Waals surface area (Å²) in [5.41, 5.74) is 5.31. The maximum absolute atomic E-state index is 12.7. The number of likely N-dealkylation sites (tertiary alicyclic amines) is 1. The topological polar surface area (TPSA) is 52.7 Å². The minimum absolute atomic E-state index is 0.00463. The molecule has 1 atom stereocenters. The highest BCUT2D eigenvalue weighted by Crippen LogP contribution is 2.42. The number of hydrogen-bond acceptors (Lipinski definition) is 3. The van der Waals surface area contributed by atoms with Crippen LogP contribution in [0.25, 0.3) is 10.8 Å². The third-order valence-electron chi connectivity index (χ3n) is 7.31. The van der Waals surface area contributed by atoms with Crippen molar-refractivity contribution in [2.75, 3.05) is 25.0 Å². The zero-order chi connectivity index (χ0) is 22.9. The Hall–Kier alpha value is -3.18. The van der Waals surface area contributed by atoms with Gasteiger partial charge in [0.2, 0.25) is 11.8 Å². The summed E-state index contributed by atoms with van der Waals surface area (Å²) in [6.45, 7) is 3.59. The third-order valence-corrected chi connectivity index (χ3v) is 7.31. The van der Waals surface area contributed by atoms with E-state index in [2.05, 4.69) is 69.7 Å². The van der Waals surface area contributed by atoms with Gasteiger partial charge in [-0.1, -0.05) is 54.6 Å². The molecule has 1 N–H and O–H groups in total. The van der Waals surface area contributed by atoms with E-state index in [0.29, 0.717) is 18.5 Å². The van der Waals surface area contributed by atoms with Crippen LogP contribution in [0, 0.1) is 0 Å². The number of piperidine rings is 1. The fourth-order valence-electron chi connectivity index (χ4n) is 5.68. The van der Waals surface area contributed by atoms with Crippen molar-refractivity contribution in [1.29, 1.82) is 0 Å². The number of carbonyl (C=O) groups is 2. The van der Waals surface area contributed by atoms with E-state index in [-0.39, 0.29) is 11.8 Å². The smallest absolute Gasteiger partial charge is 0.231 e. The van der Waals surface area contributed by atoms with E-state index in [4.69, 9.17) is 0 Å². The van der Waals surface area contributed by atoms with Gasteiger partial charge in [0.05, 0.1) is 6.42 Å². The summed E-state index contributed by atoms with van der Waals surface area (Å²) >= 11 is 0. The number of benzene rings is 3. The first-order valence-corrected chi connectivity index (χ1v) is 11.9. The van der Waals surface area contributed by atoms with Crippen molar-refractivity contribution in [3.63, 3.8) is 0 Å². The van der Waals surface area contributed by atoms with E-state index >= 15 is 0 Å². The van der Waals surface area contributed by atoms with E-state index in [1.54, 1.807) is 7.05 Å². The van der Waals surface area contributed by atoms with Crippen LogP contribution in [0.4, 0.5) is 5.69 Å². The quantitative estimate of drug-likeness (QED) is 0.647. The molecule has 1 saturated heterocycles. The lowest BCUT2D eigenvalue weighted by molar-refractivity contribution is -0.119. The second-order valence-electron chi connectivity index (χ2n) is 9.22. The minimum Gasteiger partial charge on any atom is -0.359 e. The summed E-state index contributed by atoms with van der Waals surface area (Å²) in [4.78, 5) is 27.1. The number of nitrogens with zero attached hydrogens (tertiary/aromatic N) is 2. The molecule has 0 radical (unpaired) electrons. The van der Waals surface area contributed by atoms with Gasteiger partial charge in [-0.25, -0.2) is 0 Å². The largest absolute Gasteiger partial charge is 0.359 e. The molecule has 0 spiro atoms. The highest BCUT2D eigenvalue weighted by atomic mass is 16.2. The van der Waals surface area contributed by atoms with E-state index in [1.807, 2.05) is 6.07 Å². The fourth-order valence-corrected chi connectivity index (χ4v) is 5.68. The molecule has 3 aromatic rings. The van der Waals surface area contributed by atoms with Crippen molar-refractivity contribution in [3.05, 3.63) is 77.4 Å². The number of fused-ring (bicyclic) bond motifs is 1. The van der Waals surface area contributed by atoms with Crippen LogP contribution in [0.5, 0.6) is 0 Å². The number of amides is 2. The van der Waals surface area contributed by atoms with Crippen molar-refractivity contribution in [3.8, 4) is 0 Å². The van der Waals surface area contributed by atoms with Crippen LogP contribution in [0.1, 0.15) is 42.5 Å². The molecule has 0 saturated carbocycles. The lowest BCUT2D eigenvalue weighted by Crippen LogP contribution is -2.47. The first-order valence-electron chi connectivity index (χ1n) is 11.9. The Morgan fingerprint density at radius 2 is 1.61 bits per heavy atom. The number of nitrogens with one attached hydrogen (secondary N) is 1. The first-order chi connectivity index (χ1) is 16.1. The molecule has 1 unspecified atom stereocenters. The van der Waals surface area contributed by atoms with E-state index in [9.17, 15) is 9.59 Å². The van der Waals surface area contributed by atoms with E-state index in [1.165, 1.54) is 34.4 Å². The van der Waals surface area contributed by atoms with Crippen LogP contribution in [-0.4, -0.2) is 42.9 Å². The number of rotatable bonds is 2. The third kappa shape index (κ3) is 4.02. The molecule has 33 heavy (non-hydrogen) atoms. The second kappa shape index (κ2) is 8.99. The normalized spacial score (nSPS) is 19.9. The summed E-state index contributed by atoms with van der Waals surface area (Å²) in [5.74, 6) is 0.280. The van der Waals surface area contributed by atoms with Crippen LogP contribution in [0.2, 0.25) is 0 Å². The summed E-state index contributed by atoms with van der Waals surface area (Å²) in [6, 6.07) is 22.6. The number of carbonyl (C=O) groups excluding carboxylic acids is 2. The molecular weight excluding hydrogens is 410 g/mol. The van der Waals surface area contributed by atoms with Gasteiger partial charge in [-0.3, -0.25) is 14.5 Å². The maximum Gasteiger partial charge on any atom is 0.231 e. The number of anilines is 1. The Labute approximate surface area is 195 Å². The van der Waals surface area contributed by atoms with Crippen molar-refractivity contribution in [2.45, 2.75) is 44.7 Å². The van der Waals surface area contributed by atoms with E-state index < -0.39 is 0 Å². The van der Waals surface area contributed by atoms with Crippen LogP contribution < -0.4 is 10.2 Å². The second-order valence-corrected chi connectivity index (χ2v) is 9.22. The minimum atomic E-state index is 0.00463. The van der Waals surface area contributed by atoms with Crippen molar-refractivity contribution in [2.24, 2.45) is 0 Å². The predicted molar refractivity (Wildman–Crippen MR) is 132 cm³/mol. The number of para-hydroxylation sites is 1. The predicted octanol–water partition coefficient (Wildman–Crippen LogP) is 4.24. The molecule has 0 bridgehead atoms. The summed E-state index contributed by atoms with van der Waals surface area (Å²) in [5, 5.41) is 5.23. The maximum atomic E-state index is 12.7. The standard InChI is InChI=1S/C25H24N2O.C3H7NO/c28-24-16-18-5-1-2-10-22(18)27(24)20-11-13-26(14-12-20)23-15-19-8-3-6-17-7-4-9-21(23)25(17)19;1-3(5)4-2/h1-10,20,23H,11-16H2;1-2H3,(H,4,5). The Morgan fingerprint density at radius 1 is 0.939 bits per heavy atom. The zero-order valence-corrected chi connectivity index (χ0v) is 19.4. The highest BCUT2D eigenvalue weighted by molar-refractivity contribution is 6.01. The molecule has 2 amide bonds. The molecule has 170 valence electrons. The fraction of sp³-hybridized carbons (Fsp3) is 0.357. The van der Waals surface area contributed by atoms with Crippen LogP contribution in [0.15, 0.2) is 60.7 Å². The van der Waals surface area contributed by atoms with Gasteiger partial charge in [0.25, 0.3) is 0 Å². The monoisotopic (exact) mass is 441 g/mol. The van der Waals surface area contributed by atoms with Crippen LogP contribution in [0.3, 0.4) is 0 Å². The molecule has 3 aromatic carbocycles. The van der Waals surface area contributed by atoms with E-state index in [0.717, 1.165) is 38.0 Å². The Morgan fingerprint density at radius 3 is 2.33 bits per heavy atom. The first kappa shape index (κ1) is 21.7. The van der Waals surface area contributed by atoms with Crippen molar-refractivity contribution < 1.29 is 9.59 Å². The Bertz CT molecular complexity index is 1190. The lowest BCUT2D eigenvalue weighted by Gasteiger charge is -2.40. The van der Waals surface area contributed by atoms with Gasteiger partial charge >= 0.3 is 0 Å². The lowest BCUT2D eigenvalue weighted by atomic mass is 9.98. The summed E-state index contributed by atoms with van der Waals surface area (Å²) in [7, 11) is 1.60. The molecule has 1 fully saturated rings. The van der Waals surface area contributed by atoms with Crippen molar-refractivity contribution in [1.82, 2.24) is 10.2 Å². The molecule has 5 heteroatoms. The SMILES string of the molecule is CNC(C)=O.O=C1Cc2ccccc2N1C1CCN(C2Cc3cccc4cccc2c34)CC1. The molecule has 5 nitrogen and oxygen atoms in total. The highest BCUT2D eigenvalue weighted by Gasteiger charge is 2.37. The molecular formula is C28H31N3O2. The average Bonchev–Trinajstić information content (AvgIpc) is 3.38. The molecule has 2 heterocycles. The Kier molecular flexibility index (Phi) is 5.90. The van der Waals surface area contributed by atoms with Gasteiger partial charge < -0.3 is 10.2 Å². The number of hydrogen-bond donors (Lipinski definition) is 1. The van der Waals surface area contributed by atoms with Gasteiger partial charge in [0, 0.05) is 44.8 Å². The summed E-state index contributed by atoms with van der Waals surface area (Å²) < 4.78 is 0.